The Labute approximate surface area is 195 Å². The van der Waals surface area contributed by atoms with Gasteiger partial charge in [0, 0.05) is 24.0 Å². The first-order valence-corrected chi connectivity index (χ1v) is 10.1. The second-order valence-electron chi connectivity index (χ2n) is 7.07. The number of aromatic nitrogens is 3. The summed E-state index contributed by atoms with van der Waals surface area (Å²) in [5.74, 6) is 6.87. The summed E-state index contributed by atoms with van der Waals surface area (Å²) in [7, 11) is 1.57. The largest absolute Gasteiger partial charge is 0.495 e. The average molecular weight is 462 g/mol. The second-order valence-corrected chi connectivity index (χ2v) is 7.07. The van der Waals surface area contributed by atoms with Crippen LogP contribution in [0, 0.1) is 31.6 Å². The number of nitrogens with one attached hydrogen (secondary N) is 1. The number of rotatable bonds is 4. The molecule has 34 heavy (non-hydrogen) atoms. The van der Waals surface area contributed by atoms with E-state index in [0.29, 0.717) is 29.3 Å². The minimum absolute atomic E-state index is 0.362. The minimum Gasteiger partial charge on any atom is -0.495 e. The van der Waals surface area contributed by atoms with E-state index in [4.69, 9.17) is 4.74 Å². The number of benzene rings is 2. The van der Waals surface area contributed by atoms with Crippen molar-refractivity contribution in [3.05, 3.63) is 88.9 Å². The predicted octanol–water partition coefficient (Wildman–Crippen LogP) is 5.33. The Balaban J connectivity index is 0.00000158. The van der Waals surface area contributed by atoms with E-state index in [0.717, 1.165) is 28.8 Å². The molecule has 2 heterocycles. The molecule has 8 heteroatoms. The van der Waals surface area contributed by atoms with Gasteiger partial charge in [-0.1, -0.05) is 18.1 Å². The predicted molar refractivity (Wildman–Crippen MR) is 125 cm³/mol. The number of hydrogen-bond donors (Lipinski definition) is 1. The molecule has 172 valence electrons. The number of halogens is 3. The SMILES string of the molecule is C#C.COc1c(CNc2ccc(C(F)(F)F)cc2)ccc(C)c1C#Cc1cnc2cccnn12. The standard InChI is InChI=1S/C24H19F3N4O.C2H2/c1-16-5-6-17(14-28-19-9-7-18(8-10-19)24(25,26)27)23(32-2)21(16)12-11-20-15-29-22-4-3-13-30-31(20)22;1-2/h3-10,13,15,28H,14H2,1-2H3;1-2H. The van der Waals surface area contributed by atoms with E-state index in [2.05, 4.69) is 40.1 Å². The van der Waals surface area contributed by atoms with Crippen molar-refractivity contribution in [3.8, 4) is 30.4 Å². The normalized spacial score (nSPS) is 10.6. The maximum Gasteiger partial charge on any atom is 0.416 e. The molecule has 0 spiro atoms. The fourth-order valence-corrected chi connectivity index (χ4v) is 3.27. The van der Waals surface area contributed by atoms with Crippen LogP contribution in [0.5, 0.6) is 5.75 Å². The van der Waals surface area contributed by atoms with Gasteiger partial charge in [0.2, 0.25) is 0 Å². The van der Waals surface area contributed by atoms with E-state index < -0.39 is 11.7 Å². The van der Waals surface area contributed by atoms with Crippen LogP contribution in [-0.2, 0) is 12.7 Å². The molecule has 5 nitrogen and oxygen atoms in total. The van der Waals surface area contributed by atoms with Gasteiger partial charge in [0.25, 0.3) is 0 Å². The lowest BCUT2D eigenvalue weighted by atomic mass is 10.0. The molecule has 0 atom stereocenters. The van der Waals surface area contributed by atoms with Crippen LogP contribution in [0.2, 0.25) is 0 Å². The summed E-state index contributed by atoms with van der Waals surface area (Å²) in [4.78, 5) is 4.28. The van der Waals surface area contributed by atoms with E-state index in [9.17, 15) is 13.2 Å². The summed E-state index contributed by atoms with van der Waals surface area (Å²) in [5.41, 5.74) is 3.74. The zero-order chi connectivity index (χ0) is 24.7. The van der Waals surface area contributed by atoms with E-state index in [1.54, 1.807) is 30.1 Å². The Morgan fingerprint density at radius 3 is 2.47 bits per heavy atom. The van der Waals surface area contributed by atoms with Crippen LogP contribution in [0.4, 0.5) is 18.9 Å². The molecule has 2 aromatic heterocycles. The molecule has 0 amide bonds. The number of fused-ring (bicyclic) bond motifs is 1. The van der Waals surface area contributed by atoms with Crippen LogP contribution >= 0.6 is 0 Å². The smallest absolute Gasteiger partial charge is 0.416 e. The Bertz CT molecular complexity index is 1360. The maximum absolute atomic E-state index is 12.8. The zero-order valence-electron chi connectivity index (χ0n) is 18.5. The summed E-state index contributed by atoms with van der Waals surface area (Å²) in [6, 6.07) is 12.4. The average Bonchev–Trinajstić information content (AvgIpc) is 3.26. The van der Waals surface area contributed by atoms with E-state index in [1.807, 2.05) is 25.1 Å². The van der Waals surface area contributed by atoms with Gasteiger partial charge in [0.05, 0.1) is 24.4 Å². The van der Waals surface area contributed by atoms with Gasteiger partial charge in [0.1, 0.15) is 11.4 Å². The van der Waals surface area contributed by atoms with Crippen LogP contribution in [0.25, 0.3) is 5.65 Å². The number of imidazole rings is 1. The molecule has 2 aromatic carbocycles. The number of terminal acetylenes is 1. The van der Waals surface area contributed by atoms with Gasteiger partial charge in [0.15, 0.2) is 5.65 Å². The first-order valence-electron chi connectivity index (χ1n) is 10.1. The van der Waals surface area contributed by atoms with E-state index >= 15 is 0 Å². The summed E-state index contributed by atoms with van der Waals surface area (Å²) in [6.07, 6.45) is 6.97. The number of anilines is 1. The van der Waals surface area contributed by atoms with Crippen molar-refractivity contribution in [1.82, 2.24) is 14.6 Å². The molecule has 0 aliphatic rings. The summed E-state index contributed by atoms with van der Waals surface area (Å²) < 4.78 is 45.6. The Hall–Kier alpha value is -4.43. The fourth-order valence-electron chi connectivity index (χ4n) is 3.27. The van der Waals surface area contributed by atoms with Crippen molar-refractivity contribution >= 4 is 11.3 Å². The zero-order valence-corrected chi connectivity index (χ0v) is 18.5. The molecule has 4 rings (SSSR count). The number of hydrogen-bond acceptors (Lipinski definition) is 4. The second kappa shape index (κ2) is 10.5. The lowest BCUT2D eigenvalue weighted by molar-refractivity contribution is -0.137. The quantitative estimate of drug-likeness (QED) is 0.417. The van der Waals surface area contributed by atoms with Crippen molar-refractivity contribution in [2.75, 3.05) is 12.4 Å². The molecule has 1 N–H and O–H groups in total. The molecule has 0 aliphatic heterocycles. The Kier molecular flexibility index (Phi) is 7.45. The molecule has 0 radical (unpaired) electrons. The molecule has 0 aliphatic carbocycles. The molecule has 0 unspecified atom stereocenters. The number of methoxy groups -OCH3 is 1. The lowest BCUT2D eigenvalue weighted by Gasteiger charge is -2.14. The van der Waals surface area contributed by atoms with Gasteiger partial charge >= 0.3 is 6.18 Å². The molecular weight excluding hydrogens is 441 g/mol. The van der Waals surface area contributed by atoms with Gasteiger partial charge in [-0.15, -0.1) is 12.8 Å². The molecule has 0 fully saturated rings. The minimum atomic E-state index is -4.36. The van der Waals surface area contributed by atoms with Gasteiger partial charge < -0.3 is 10.1 Å². The lowest BCUT2D eigenvalue weighted by Crippen LogP contribution is -2.06. The first-order chi connectivity index (χ1) is 16.4. The number of ether oxygens (including phenoxy) is 1. The summed E-state index contributed by atoms with van der Waals surface area (Å²) >= 11 is 0. The molecule has 0 bridgehead atoms. The summed E-state index contributed by atoms with van der Waals surface area (Å²) in [6.45, 7) is 2.30. The van der Waals surface area contributed by atoms with Gasteiger partial charge in [-0.2, -0.15) is 18.3 Å². The van der Waals surface area contributed by atoms with Gasteiger partial charge in [-0.3, -0.25) is 0 Å². The van der Waals surface area contributed by atoms with Crippen LogP contribution in [0.3, 0.4) is 0 Å². The monoisotopic (exact) mass is 462 g/mol. The third kappa shape index (κ3) is 5.31. The van der Waals surface area contributed by atoms with Crippen LogP contribution in [-0.4, -0.2) is 21.7 Å². The van der Waals surface area contributed by atoms with Crippen LogP contribution in [0.1, 0.15) is 27.9 Å². The molecule has 0 saturated heterocycles. The summed E-state index contributed by atoms with van der Waals surface area (Å²) in [5, 5.41) is 7.40. The number of nitrogens with zero attached hydrogens (tertiary/aromatic N) is 3. The Morgan fingerprint density at radius 2 is 1.79 bits per heavy atom. The van der Waals surface area contributed by atoms with Crippen molar-refractivity contribution in [2.24, 2.45) is 0 Å². The Morgan fingerprint density at radius 1 is 1.06 bits per heavy atom. The van der Waals surface area contributed by atoms with Gasteiger partial charge in [-0.25, -0.2) is 9.50 Å². The highest BCUT2D eigenvalue weighted by molar-refractivity contribution is 5.58. The van der Waals surface area contributed by atoms with Crippen molar-refractivity contribution in [3.63, 3.8) is 0 Å². The molecule has 4 aromatic rings. The highest BCUT2D eigenvalue weighted by Gasteiger charge is 2.29. The highest BCUT2D eigenvalue weighted by Crippen LogP contribution is 2.31. The van der Waals surface area contributed by atoms with Gasteiger partial charge in [-0.05, 0) is 54.8 Å². The van der Waals surface area contributed by atoms with Crippen molar-refractivity contribution in [2.45, 2.75) is 19.6 Å². The maximum atomic E-state index is 12.8. The van der Waals surface area contributed by atoms with Crippen LogP contribution < -0.4 is 10.1 Å². The molecular formula is C26H21F3N4O. The van der Waals surface area contributed by atoms with Crippen molar-refractivity contribution in [1.29, 1.82) is 0 Å². The first kappa shape index (κ1) is 24.2. The van der Waals surface area contributed by atoms with E-state index in [-0.39, 0.29) is 0 Å². The third-order valence-electron chi connectivity index (χ3n) is 4.94. The highest BCUT2D eigenvalue weighted by atomic mass is 19.4. The topological polar surface area (TPSA) is 51.5 Å². The van der Waals surface area contributed by atoms with E-state index in [1.165, 1.54) is 12.1 Å². The number of aryl methyl sites for hydroxylation is 1. The third-order valence-corrected chi connectivity index (χ3v) is 4.94. The van der Waals surface area contributed by atoms with Crippen LogP contribution in [0.15, 0.2) is 60.9 Å². The van der Waals surface area contributed by atoms with Crippen molar-refractivity contribution < 1.29 is 17.9 Å². The number of alkyl halides is 3. The molecule has 0 saturated carbocycles. The fraction of sp³-hybridized carbons (Fsp3) is 0.154.